The Labute approximate surface area is 145 Å². The Morgan fingerprint density at radius 1 is 1.17 bits per heavy atom. The second-order valence-corrected chi connectivity index (χ2v) is 6.93. The highest BCUT2D eigenvalue weighted by atomic mass is 32.1. The Kier molecular flexibility index (Phi) is 4.53. The van der Waals surface area contributed by atoms with Crippen LogP contribution in [0.5, 0.6) is 5.75 Å². The van der Waals surface area contributed by atoms with E-state index in [2.05, 4.69) is 36.3 Å². The van der Waals surface area contributed by atoms with Gasteiger partial charge in [-0.3, -0.25) is 4.79 Å². The van der Waals surface area contributed by atoms with Crippen LogP contribution in [0.4, 0.5) is 5.13 Å². The summed E-state index contributed by atoms with van der Waals surface area (Å²) in [6.07, 6.45) is 0.318. The molecule has 0 aliphatic heterocycles. The van der Waals surface area contributed by atoms with Crippen LogP contribution in [0.25, 0.3) is 10.2 Å². The van der Waals surface area contributed by atoms with Gasteiger partial charge in [-0.1, -0.05) is 29.5 Å². The summed E-state index contributed by atoms with van der Waals surface area (Å²) in [5.41, 5.74) is 5.32. The fourth-order valence-electron chi connectivity index (χ4n) is 2.68. The predicted molar refractivity (Wildman–Crippen MR) is 99.2 cm³/mol. The van der Waals surface area contributed by atoms with Crippen LogP contribution in [0, 0.1) is 20.8 Å². The predicted octanol–water partition coefficient (Wildman–Crippen LogP) is 4.41. The first-order valence-electron chi connectivity index (χ1n) is 7.78. The van der Waals surface area contributed by atoms with Crippen LogP contribution >= 0.6 is 11.3 Å². The molecule has 0 aliphatic rings. The van der Waals surface area contributed by atoms with Gasteiger partial charge >= 0.3 is 0 Å². The van der Waals surface area contributed by atoms with Gasteiger partial charge in [-0.05, 0) is 55.2 Å². The molecule has 3 rings (SSSR count). The van der Waals surface area contributed by atoms with E-state index in [0.29, 0.717) is 11.6 Å². The summed E-state index contributed by atoms with van der Waals surface area (Å²) in [6, 6.07) is 9.92. The zero-order chi connectivity index (χ0) is 17.3. The topological polar surface area (TPSA) is 51.2 Å². The van der Waals surface area contributed by atoms with Crippen LogP contribution in [-0.4, -0.2) is 18.0 Å². The molecule has 124 valence electrons. The number of benzene rings is 2. The van der Waals surface area contributed by atoms with Crippen molar-refractivity contribution in [1.82, 2.24) is 4.98 Å². The lowest BCUT2D eigenvalue weighted by Gasteiger charge is -2.07. The first kappa shape index (κ1) is 16.5. The SMILES string of the molecule is COc1ccc(CC(=O)Nc2nc3c(C)c(C)ccc3s2)cc1C. The Morgan fingerprint density at radius 2 is 1.96 bits per heavy atom. The molecule has 5 heteroatoms. The molecule has 1 N–H and O–H groups in total. The minimum Gasteiger partial charge on any atom is -0.496 e. The van der Waals surface area contributed by atoms with Gasteiger partial charge in [-0.2, -0.15) is 0 Å². The number of hydrogen-bond acceptors (Lipinski definition) is 4. The second-order valence-electron chi connectivity index (χ2n) is 5.90. The standard InChI is InChI=1S/C19H20N2O2S/c1-11-5-8-16-18(13(11)3)21-19(24-16)20-17(22)10-14-6-7-15(23-4)12(2)9-14/h5-9H,10H2,1-4H3,(H,20,21,22). The van der Waals surface area contributed by atoms with Crippen molar-refractivity contribution in [2.45, 2.75) is 27.2 Å². The van der Waals surface area contributed by atoms with Crippen molar-refractivity contribution >= 4 is 32.6 Å². The molecule has 0 bridgehead atoms. The van der Waals surface area contributed by atoms with Crippen LogP contribution in [0.1, 0.15) is 22.3 Å². The smallest absolute Gasteiger partial charge is 0.230 e. The monoisotopic (exact) mass is 340 g/mol. The van der Waals surface area contributed by atoms with Crippen LogP contribution < -0.4 is 10.1 Å². The minimum absolute atomic E-state index is 0.0620. The molecule has 0 spiro atoms. The number of carbonyl (C=O) groups excluding carboxylic acids is 1. The fraction of sp³-hybridized carbons (Fsp3) is 0.263. The highest BCUT2D eigenvalue weighted by Crippen LogP contribution is 2.29. The van der Waals surface area contributed by atoms with Gasteiger partial charge in [0, 0.05) is 0 Å². The van der Waals surface area contributed by atoms with E-state index in [1.54, 1.807) is 7.11 Å². The van der Waals surface area contributed by atoms with Crippen LogP contribution in [-0.2, 0) is 11.2 Å². The van der Waals surface area contributed by atoms with Crippen molar-refractivity contribution in [2.24, 2.45) is 0 Å². The summed E-state index contributed by atoms with van der Waals surface area (Å²) < 4.78 is 6.34. The number of nitrogens with zero attached hydrogens (tertiary/aromatic N) is 1. The van der Waals surface area contributed by atoms with E-state index in [1.807, 2.05) is 25.1 Å². The molecule has 0 atom stereocenters. The highest BCUT2D eigenvalue weighted by molar-refractivity contribution is 7.22. The number of amides is 1. The molecule has 1 aromatic heterocycles. The average molecular weight is 340 g/mol. The summed E-state index contributed by atoms with van der Waals surface area (Å²) in [6.45, 7) is 6.10. The maximum absolute atomic E-state index is 12.3. The zero-order valence-corrected chi connectivity index (χ0v) is 15.1. The van der Waals surface area contributed by atoms with E-state index in [9.17, 15) is 4.79 Å². The number of fused-ring (bicyclic) bond motifs is 1. The van der Waals surface area contributed by atoms with Gasteiger partial charge in [-0.15, -0.1) is 0 Å². The molecule has 0 radical (unpaired) electrons. The first-order valence-corrected chi connectivity index (χ1v) is 8.59. The molecule has 3 aromatic rings. The lowest BCUT2D eigenvalue weighted by atomic mass is 10.1. The van der Waals surface area contributed by atoms with E-state index in [-0.39, 0.29) is 5.91 Å². The third kappa shape index (κ3) is 3.26. The van der Waals surface area contributed by atoms with Crippen molar-refractivity contribution in [2.75, 3.05) is 12.4 Å². The van der Waals surface area contributed by atoms with Crippen molar-refractivity contribution in [1.29, 1.82) is 0 Å². The number of aromatic nitrogens is 1. The van der Waals surface area contributed by atoms with E-state index in [0.717, 1.165) is 32.7 Å². The van der Waals surface area contributed by atoms with Gasteiger partial charge in [-0.25, -0.2) is 4.98 Å². The van der Waals surface area contributed by atoms with E-state index in [1.165, 1.54) is 16.9 Å². The molecule has 0 fully saturated rings. The summed E-state index contributed by atoms with van der Waals surface area (Å²) in [5, 5.41) is 3.56. The number of ether oxygens (including phenoxy) is 1. The largest absolute Gasteiger partial charge is 0.496 e. The Hall–Kier alpha value is -2.40. The zero-order valence-electron chi connectivity index (χ0n) is 14.3. The summed E-state index contributed by atoms with van der Waals surface area (Å²) >= 11 is 1.51. The molecule has 2 aromatic carbocycles. The Balaban J connectivity index is 1.75. The fourth-order valence-corrected chi connectivity index (χ4v) is 3.62. The molecule has 24 heavy (non-hydrogen) atoms. The summed E-state index contributed by atoms with van der Waals surface area (Å²) in [7, 11) is 1.64. The number of hydrogen-bond donors (Lipinski definition) is 1. The summed E-state index contributed by atoms with van der Waals surface area (Å²) in [5.74, 6) is 0.768. The van der Waals surface area contributed by atoms with Crippen molar-refractivity contribution in [3.63, 3.8) is 0 Å². The number of aryl methyl sites for hydroxylation is 3. The van der Waals surface area contributed by atoms with Crippen molar-refractivity contribution < 1.29 is 9.53 Å². The lowest BCUT2D eigenvalue weighted by molar-refractivity contribution is -0.115. The number of rotatable bonds is 4. The minimum atomic E-state index is -0.0620. The van der Waals surface area contributed by atoms with Crippen LogP contribution in [0.15, 0.2) is 30.3 Å². The third-order valence-electron chi connectivity index (χ3n) is 4.16. The van der Waals surface area contributed by atoms with Crippen LogP contribution in [0.3, 0.4) is 0 Å². The number of nitrogens with one attached hydrogen (secondary N) is 1. The molecule has 0 saturated heterocycles. The number of carbonyl (C=O) groups is 1. The van der Waals surface area contributed by atoms with Crippen LogP contribution in [0.2, 0.25) is 0 Å². The lowest BCUT2D eigenvalue weighted by Crippen LogP contribution is -2.14. The van der Waals surface area contributed by atoms with Gasteiger partial charge in [0.05, 0.1) is 23.7 Å². The molecule has 0 unspecified atom stereocenters. The van der Waals surface area contributed by atoms with E-state index in [4.69, 9.17) is 4.74 Å². The number of methoxy groups -OCH3 is 1. The first-order chi connectivity index (χ1) is 11.5. The Morgan fingerprint density at radius 3 is 2.67 bits per heavy atom. The second kappa shape index (κ2) is 6.61. The number of anilines is 1. The average Bonchev–Trinajstić information content (AvgIpc) is 2.94. The molecular weight excluding hydrogens is 320 g/mol. The van der Waals surface area contributed by atoms with Crippen molar-refractivity contribution in [3.8, 4) is 5.75 Å². The quantitative estimate of drug-likeness (QED) is 0.765. The third-order valence-corrected chi connectivity index (χ3v) is 5.09. The van der Waals surface area contributed by atoms with E-state index >= 15 is 0 Å². The summed E-state index contributed by atoms with van der Waals surface area (Å²) in [4.78, 5) is 16.9. The van der Waals surface area contributed by atoms with Gasteiger partial charge in [0.1, 0.15) is 5.75 Å². The van der Waals surface area contributed by atoms with Crippen molar-refractivity contribution in [3.05, 3.63) is 52.6 Å². The molecule has 4 nitrogen and oxygen atoms in total. The Bertz CT molecular complexity index is 915. The molecule has 0 aliphatic carbocycles. The normalized spacial score (nSPS) is 10.8. The number of thiazole rings is 1. The van der Waals surface area contributed by atoms with E-state index < -0.39 is 0 Å². The van der Waals surface area contributed by atoms with Gasteiger partial charge < -0.3 is 10.1 Å². The van der Waals surface area contributed by atoms with Gasteiger partial charge in [0.25, 0.3) is 0 Å². The maximum Gasteiger partial charge on any atom is 0.230 e. The molecular formula is C19H20N2O2S. The van der Waals surface area contributed by atoms with Gasteiger partial charge in [0.15, 0.2) is 5.13 Å². The highest BCUT2D eigenvalue weighted by Gasteiger charge is 2.11. The van der Waals surface area contributed by atoms with Gasteiger partial charge in [0.2, 0.25) is 5.91 Å². The molecule has 0 saturated carbocycles. The maximum atomic E-state index is 12.3. The molecule has 1 amide bonds. The molecule has 1 heterocycles.